The highest BCUT2D eigenvalue weighted by atomic mass is 16.5. The Kier molecular flexibility index (Phi) is 3.43. The van der Waals surface area contributed by atoms with Crippen molar-refractivity contribution >= 4 is 11.7 Å². The van der Waals surface area contributed by atoms with Gasteiger partial charge in [0.25, 0.3) is 0 Å². The molecule has 1 aliphatic rings. The third-order valence-electron chi connectivity index (χ3n) is 3.42. The first kappa shape index (κ1) is 12.7. The zero-order valence-electron chi connectivity index (χ0n) is 10.7. The van der Waals surface area contributed by atoms with Crippen LogP contribution in [0.3, 0.4) is 0 Å². The second kappa shape index (κ2) is 4.86. The number of hydroxylamine groups is 2. The molecule has 0 bridgehead atoms. The van der Waals surface area contributed by atoms with Crippen LogP contribution in [0, 0.1) is 5.92 Å². The standard InChI is InChI=1S/C13H19N3O2/c1-15(2)11-5-3-9(4-6-11)12-7-10(12)8-16(18)13(14)17/h3-6,10,12,18H,7-8H2,1-2H3,(H2,14,17). The van der Waals surface area contributed by atoms with E-state index in [0.717, 1.165) is 12.1 Å². The summed E-state index contributed by atoms with van der Waals surface area (Å²) in [7, 11) is 4.01. The van der Waals surface area contributed by atoms with E-state index in [1.165, 1.54) is 5.56 Å². The minimum Gasteiger partial charge on any atom is -0.378 e. The first-order valence-electron chi connectivity index (χ1n) is 6.02. The minimum absolute atomic E-state index is 0.313. The van der Waals surface area contributed by atoms with Crippen LogP contribution in [0.5, 0.6) is 0 Å². The fourth-order valence-electron chi connectivity index (χ4n) is 2.19. The summed E-state index contributed by atoms with van der Waals surface area (Å²) in [6.07, 6.45) is 0.992. The number of nitrogens with two attached hydrogens (primary N) is 1. The van der Waals surface area contributed by atoms with E-state index in [4.69, 9.17) is 5.73 Å². The van der Waals surface area contributed by atoms with Crippen LogP contribution in [0.25, 0.3) is 0 Å². The average molecular weight is 249 g/mol. The number of primary amides is 1. The highest BCUT2D eigenvalue weighted by Crippen LogP contribution is 2.47. The lowest BCUT2D eigenvalue weighted by Crippen LogP contribution is -2.34. The molecule has 0 saturated heterocycles. The Bertz CT molecular complexity index is 430. The van der Waals surface area contributed by atoms with Gasteiger partial charge in [-0.25, -0.2) is 9.86 Å². The smallest absolute Gasteiger partial charge is 0.338 e. The van der Waals surface area contributed by atoms with Gasteiger partial charge in [-0.2, -0.15) is 0 Å². The molecule has 5 nitrogen and oxygen atoms in total. The molecule has 2 unspecified atom stereocenters. The van der Waals surface area contributed by atoms with Crippen LogP contribution in [0.4, 0.5) is 10.5 Å². The van der Waals surface area contributed by atoms with Crippen molar-refractivity contribution in [2.75, 3.05) is 25.5 Å². The summed E-state index contributed by atoms with van der Waals surface area (Å²) in [6, 6.07) is 7.58. The first-order chi connectivity index (χ1) is 8.49. The van der Waals surface area contributed by atoms with Gasteiger partial charge in [0.15, 0.2) is 0 Å². The van der Waals surface area contributed by atoms with Gasteiger partial charge < -0.3 is 10.6 Å². The van der Waals surface area contributed by atoms with Crippen molar-refractivity contribution in [2.45, 2.75) is 12.3 Å². The predicted molar refractivity (Wildman–Crippen MR) is 69.7 cm³/mol. The number of amides is 2. The van der Waals surface area contributed by atoms with E-state index in [2.05, 4.69) is 29.2 Å². The average Bonchev–Trinajstić information content (AvgIpc) is 3.08. The number of hydrogen-bond acceptors (Lipinski definition) is 3. The maximum atomic E-state index is 10.7. The van der Waals surface area contributed by atoms with E-state index in [0.29, 0.717) is 23.4 Å². The summed E-state index contributed by atoms with van der Waals surface area (Å²) >= 11 is 0. The van der Waals surface area contributed by atoms with Gasteiger partial charge in [0, 0.05) is 19.8 Å². The normalized spacial score (nSPS) is 21.5. The van der Waals surface area contributed by atoms with Crippen LogP contribution < -0.4 is 10.6 Å². The summed E-state index contributed by atoms with van der Waals surface area (Å²) in [5.74, 6) is 0.739. The number of benzene rings is 1. The number of urea groups is 1. The molecule has 5 heteroatoms. The van der Waals surface area contributed by atoms with Crippen molar-refractivity contribution < 1.29 is 10.0 Å². The van der Waals surface area contributed by atoms with Crippen LogP contribution in [-0.2, 0) is 0 Å². The maximum absolute atomic E-state index is 10.7. The van der Waals surface area contributed by atoms with E-state index in [1.807, 2.05) is 14.1 Å². The number of nitrogens with zero attached hydrogens (tertiary/aromatic N) is 2. The summed E-state index contributed by atoms with van der Waals surface area (Å²) in [5, 5.41) is 9.87. The molecule has 2 rings (SSSR count). The Morgan fingerprint density at radius 1 is 1.39 bits per heavy atom. The van der Waals surface area contributed by atoms with E-state index >= 15 is 0 Å². The van der Waals surface area contributed by atoms with Gasteiger partial charge in [-0.05, 0) is 36.0 Å². The molecule has 0 spiro atoms. The Hall–Kier alpha value is -1.75. The second-order valence-corrected chi connectivity index (χ2v) is 5.01. The fraction of sp³-hybridized carbons (Fsp3) is 0.462. The molecule has 1 saturated carbocycles. The van der Waals surface area contributed by atoms with E-state index < -0.39 is 6.03 Å². The van der Waals surface area contributed by atoms with Crippen molar-refractivity contribution in [3.05, 3.63) is 29.8 Å². The lowest BCUT2D eigenvalue weighted by atomic mass is 10.1. The molecular formula is C13H19N3O2. The van der Waals surface area contributed by atoms with Crippen molar-refractivity contribution in [3.63, 3.8) is 0 Å². The van der Waals surface area contributed by atoms with E-state index in [-0.39, 0.29) is 0 Å². The molecular weight excluding hydrogens is 230 g/mol. The molecule has 2 amide bonds. The zero-order chi connectivity index (χ0) is 13.3. The molecule has 2 atom stereocenters. The van der Waals surface area contributed by atoms with Crippen LogP contribution in [0.2, 0.25) is 0 Å². The second-order valence-electron chi connectivity index (χ2n) is 5.01. The quantitative estimate of drug-likeness (QED) is 0.629. The molecule has 0 heterocycles. The highest BCUT2D eigenvalue weighted by Gasteiger charge is 2.39. The van der Waals surface area contributed by atoms with Gasteiger partial charge in [0.1, 0.15) is 0 Å². The van der Waals surface area contributed by atoms with Gasteiger partial charge in [-0.15, -0.1) is 0 Å². The summed E-state index contributed by atoms with van der Waals surface area (Å²) < 4.78 is 0. The van der Waals surface area contributed by atoms with Crippen LogP contribution in [0.1, 0.15) is 17.9 Å². The van der Waals surface area contributed by atoms with Crippen molar-refractivity contribution in [3.8, 4) is 0 Å². The lowest BCUT2D eigenvalue weighted by Gasteiger charge is -2.13. The number of rotatable bonds is 4. The first-order valence-corrected chi connectivity index (χ1v) is 6.02. The Morgan fingerprint density at radius 3 is 2.50 bits per heavy atom. The minimum atomic E-state index is -0.788. The molecule has 98 valence electrons. The third-order valence-corrected chi connectivity index (χ3v) is 3.42. The molecule has 1 aliphatic carbocycles. The molecule has 3 N–H and O–H groups in total. The largest absolute Gasteiger partial charge is 0.378 e. The number of hydrogen-bond donors (Lipinski definition) is 2. The Labute approximate surface area is 107 Å². The fourth-order valence-corrected chi connectivity index (χ4v) is 2.19. The highest BCUT2D eigenvalue weighted by molar-refractivity contribution is 5.70. The molecule has 18 heavy (non-hydrogen) atoms. The van der Waals surface area contributed by atoms with Crippen LogP contribution in [0.15, 0.2) is 24.3 Å². The summed E-state index contributed by atoms with van der Waals surface area (Å²) in [6.45, 7) is 0.315. The Balaban J connectivity index is 1.93. The number of anilines is 1. The van der Waals surface area contributed by atoms with E-state index in [1.54, 1.807) is 0 Å². The summed E-state index contributed by atoms with van der Waals surface area (Å²) in [4.78, 5) is 12.8. The van der Waals surface area contributed by atoms with Crippen molar-refractivity contribution in [2.24, 2.45) is 11.7 Å². The molecule has 1 aromatic rings. The topological polar surface area (TPSA) is 69.8 Å². The van der Waals surface area contributed by atoms with Gasteiger partial charge >= 0.3 is 6.03 Å². The molecule has 1 fully saturated rings. The predicted octanol–water partition coefficient (Wildman–Crippen LogP) is 1.63. The van der Waals surface area contributed by atoms with Crippen LogP contribution in [-0.4, -0.2) is 36.9 Å². The molecule has 0 radical (unpaired) electrons. The molecule has 0 aliphatic heterocycles. The van der Waals surface area contributed by atoms with Gasteiger partial charge in [-0.3, -0.25) is 5.21 Å². The van der Waals surface area contributed by atoms with Gasteiger partial charge in [0.05, 0.1) is 6.54 Å². The van der Waals surface area contributed by atoms with Crippen LogP contribution >= 0.6 is 0 Å². The monoisotopic (exact) mass is 249 g/mol. The van der Waals surface area contributed by atoms with Gasteiger partial charge in [0.2, 0.25) is 0 Å². The van der Waals surface area contributed by atoms with Gasteiger partial charge in [-0.1, -0.05) is 12.1 Å². The summed E-state index contributed by atoms with van der Waals surface area (Å²) in [5.41, 5.74) is 7.40. The zero-order valence-corrected chi connectivity index (χ0v) is 10.7. The van der Waals surface area contributed by atoms with Crippen molar-refractivity contribution in [1.29, 1.82) is 0 Å². The number of carbonyl (C=O) groups excluding carboxylic acids is 1. The molecule has 1 aromatic carbocycles. The third kappa shape index (κ3) is 2.73. The van der Waals surface area contributed by atoms with Crippen molar-refractivity contribution in [1.82, 2.24) is 5.06 Å². The SMILES string of the molecule is CN(C)c1ccc(C2CC2CN(O)C(N)=O)cc1. The van der Waals surface area contributed by atoms with E-state index in [9.17, 15) is 10.0 Å². The Morgan fingerprint density at radius 2 is 2.00 bits per heavy atom. The maximum Gasteiger partial charge on any atom is 0.338 e. The molecule has 0 aromatic heterocycles. The lowest BCUT2D eigenvalue weighted by molar-refractivity contribution is -0.0431. The number of carbonyl (C=O) groups is 1.